The van der Waals surface area contributed by atoms with Crippen LogP contribution in [0.25, 0.3) is 0 Å². The molecule has 3 rings (SSSR count). The number of aryl methyl sites for hydroxylation is 1. The maximum atomic E-state index is 12.7. The molecule has 1 amide bonds. The van der Waals surface area contributed by atoms with Crippen LogP contribution in [0.3, 0.4) is 0 Å². The molecule has 0 radical (unpaired) electrons. The van der Waals surface area contributed by atoms with Crippen molar-refractivity contribution >= 4 is 49.7 Å². The molecule has 0 bridgehead atoms. The highest BCUT2D eigenvalue weighted by molar-refractivity contribution is 7.92. The number of sulfonamides is 1. The summed E-state index contributed by atoms with van der Waals surface area (Å²) in [4.78, 5) is 37.6. The quantitative estimate of drug-likeness (QED) is 0.513. The molecule has 160 valence electrons. The Bertz CT molecular complexity index is 1120. The van der Waals surface area contributed by atoms with Gasteiger partial charge in [0.05, 0.1) is 24.6 Å². The van der Waals surface area contributed by atoms with E-state index in [1.54, 1.807) is 12.1 Å². The number of esters is 1. The third-order valence-electron chi connectivity index (χ3n) is 4.79. The van der Waals surface area contributed by atoms with Gasteiger partial charge in [-0.05, 0) is 43.9 Å². The van der Waals surface area contributed by atoms with Crippen LogP contribution < -0.4 is 9.62 Å². The van der Waals surface area contributed by atoms with E-state index in [2.05, 4.69) is 5.32 Å². The molecule has 1 heterocycles. The molecule has 0 spiro atoms. The number of hydrogen-bond acceptors (Lipinski definition) is 7. The largest absolute Gasteiger partial charge is 0.465 e. The second kappa shape index (κ2) is 8.57. The van der Waals surface area contributed by atoms with Crippen molar-refractivity contribution in [1.82, 2.24) is 0 Å². The van der Waals surface area contributed by atoms with E-state index in [0.717, 1.165) is 40.3 Å². The summed E-state index contributed by atoms with van der Waals surface area (Å²) in [5.74, 6) is -1.34. The molecule has 30 heavy (non-hydrogen) atoms. The normalized spacial score (nSPS) is 12.9. The number of carbonyl (C=O) groups is 3. The van der Waals surface area contributed by atoms with Gasteiger partial charge in [0.1, 0.15) is 11.5 Å². The summed E-state index contributed by atoms with van der Waals surface area (Å²) in [6, 6.07) is 6.07. The van der Waals surface area contributed by atoms with E-state index in [4.69, 9.17) is 4.74 Å². The van der Waals surface area contributed by atoms with Crippen LogP contribution in [0.5, 0.6) is 0 Å². The number of hydrogen-bond donors (Lipinski definition) is 1. The van der Waals surface area contributed by atoms with Crippen LogP contribution in [-0.4, -0.2) is 46.0 Å². The van der Waals surface area contributed by atoms with Crippen LogP contribution in [0.1, 0.15) is 44.5 Å². The number of rotatable bonds is 7. The number of benzene rings is 1. The van der Waals surface area contributed by atoms with Crippen LogP contribution in [0, 0.1) is 0 Å². The summed E-state index contributed by atoms with van der Waals surface area (Å²) in [5.41, 5.74) is 1.77. The molecule has 0 atom stereocenters. The fourth-order valence-corrected chi connectivity index (χ4v) is 5.53. The fraction of sp³-hybridized carbons (Fsp3) is 0.350. The van der Waals surface area contributed by atoms with Gasteiger partial charge in [-0.15, -0.1) is 11.3 Å². The minimum absolute atomic E-state index is 0.210. The van der Waals surface area contributed by atoms with Gasteiger partial charge in [-0.1, -0.05) is 12.1 Å². The molecule has 0 saturated heterocycles. The van der Waals surface area contributed by atoms with Gasteiger partial charge in [-0.25, -0.2) is 13.2 Å². The Kier molecular flexibility index (Phi) is 6.27. The molecular formula is C20H22N2O6S2. The number of methoxy groups -OCH3 is 1. The first-order chi connectivity index (χ1) is 14.1. The number of Topliss-reactive ketones (excluding diaryl/α,β-unsaturated/α-hetero) is 1. The lowest BCUT2D eigenvalue weighted by Gasteiger charge is -2.22. The Morgan fingerprint density at radius 2 is 1.97 bits per heavy atom. The first-order valence-corrected chi connectivity index (χ1v) is 11.9. The number of ketones is 1. The van der Waals surface area contributed by atoms with Crippen LogP contribution in [0.15, 0.2) is 24.3 Å². The van der Waals surface area contributed by atoms with Crippen LogP contribution in [-0.2, 0) is 32.4 Å². The Morgan fingerprint density at radius 1 is 1.23 bits per heavy atom. The van der Waals surface area contributed by atoms with E-state index in [1.807, 2.05) is 0 Å². The maximum Gasteiger partial charge on any atom is 0.341 e. The number of nitrogens with one attached hydrogen (secondary N) is 1. The number of ether oxygens (including phenoxy) is 1. The Hall–Kier alpha value is -2.72. The van der Waals surface area contributed by atoms with Gasteiger partial charge < -0.3 is 10.1 Å². The Morgan fingerprint density at radius 3 is 2.60 bits per heavy atom. The summed E-state index contributed by atoms with van der Waals surface area (Å²) in [5, 5.41) is 3.03. The molecule has 1 aromatic carbocycles. The lowest BCUT2D eigenvalue weighted by atomic mass is 10.1. The highest BCUT2D eigenvalue weighted by Crippen LogP contribution is 2.39. The zero-order valence-electron chi connectivity index (χ0n) is 16.9. The van der Waals surface area contributed by atoms with E-state index in [-0.39, 0.29) is 11.5 Å². The topological polar surface area (TPSA) is 110 Å². The summed E-state index contributed by atoms with van der Waals surface area (Å²) >= 11 is 1.31. The van der Waals surface area contributed by atoms with Gasteiger partial charge in [-0.2, -0.15) is 0 Å². The summed E-state index contributed by atoms with van der Waals surface area (Å²) in [7, 11) is -2.52. The van der Waals surface area contributed by atoms with E-state index < -0.39 is 28.4 Å². The zero-order chi connectivity index (χ0) is 22.1. The number of fused-ring (bicyclic) bond motifs is 1. The molecule has 1 aliphatic rings. The van der Waals surface area contributed by atoms with Crippen LogP contribution in [0.4, 0.5) is 10.7 Å². The second-order valence-corrected chi connectivity index (χ2v) is 9.99. The van der Waals surface area contributed by atoms with Gasteiger partial charge in [0.25, 0.3) is 0 Å². The Balaban J connectivity index is 1.88. The highest BCUT2D eigenvalue weighted by Gasteiger charge is 2.29. The molecular weight excluding hydrogens is 428 g/mol. The van der Waals surface area contributed by atoms with Crippen molar-refractivity contribution in [3.05, 3.63) is 45.8 Å². The summed E-state index contributed by atoms with van der Waals surface area (Å²) < 4.78 is 30.4. The van der Waals surface area contributed by atoms with Crippen molar-refractivity contribution in [2.75, 3.05) is 29.5 Å². The lowest BCUT2D eigenvalue weighted by Crippen LogP contribution is -2.37. The SMILES string of the molecule is COC(=O)c1c(NC(=O)CN(c2cccc(C(C)=O)c2)S(C)(=O)=O)sc2c1CCC2. The maximum absolute atomic E-state index is 12.7. The van der Waals surface area contributed by atoms with E-state index in [1.165, 1.54) is 37.5 Å². The minimum atomic E-state index is -3.80. The number of nitrogens with zero attached hydrogens (tertiary/aromatic N) is 1. The molecule has 10 heteroatoms. The number of thiophene rings is 1. The molecule has 0 unspecified atom stereocenters. The first-order valence-electron chi connectivity index (χ1n) is 9.23. The molecule has 0 fully saturated rings. The molecule has 1 aromatic heterocycles. The van der Waals surface area contributed by atoms with Gasteiger partial charge in [0, 0.05) is 10.4 Å². The first kappa shape index (κ1) is 22.0. The van der Waals surface area contributed by atoms with Crippen LogP contribution in [0.2, 0.25) is 0 Å². The van der Waals surface area contributed by atoms with Gasteiger partial charge in [-0.3, -0.25) is 13.9 Å². The number of carbonyl (C=O) groups excluding carboxylic acids is 3. The number of amides is 1. The van der Waals surface area contributed by atoms with Crippen molar-refractivity contribution in [3.8, 4) is 0 Å². The van der Waals surface area contributed by atoms with Crippen molar-refractivity contribution in [2.24, 2.45) is 0 Å². The number of anilines is 2. The highest BCUT2D eigenvalue weighted by atomic mass is 32.2. The molecule has 1 aliphatic carbocycles. The van der Waals surface area contributed by atoms with Gasteiger partial charge >= 0.3 is 5.97 Å². The average Bonchev–Trinajstić information content (AvgIpc) is 3.25. The average molecular weight is 451 g/mol. The molecule has 2 aromatic rings. The smallest absolute Gasteiger partial charge is 0.341 e. The molecule has 8 nitrogen and oxygen atoms in total. The predicted molar refractivity (Wildman–Crippen MR) is 115 cm³/mol. The van der Waals surface area contributed by atoms with Crippen molar-refractivity contribution in [3.63, 3.8) is 0 Å². The van der Waals surface area contributed by atoms with E-state index in [0.29, 0.717) is 16.1 Å². The Labute approximate surface area is 178 Å². The van der Waals surface area contributed by atoms with Gasteiger partial charge in [0.15, 0.2) is 5.78 Å². The monoisotopic (exact) mass is 450 g/mol. The third kappa shape index (κ3) is 4.54. The van der Waals surface area contributed by atoms with E-state index in [9.17, 15) is 22.8 Å². The molecule has 0 saturated carbocycles. The van der Waals surface area contributed by atoms with Gasteiger partial charge in [0.2, 0.25) is 15.9 Å². The standard InChI is InChI=1S/C20H22N2O6S2/c1-12(23)13-6-4-7-14(10-13)22(30(3,26)27)11-17(24)21-19-18(20(25)28-2)15-8-5-9-16(15)29-19/h4,6-7,10H,5,8-9,11H2,1-3H3,(H,21,24). The zero-order valence-corrected chi connectivity index (χ0v) is 18.5. The lowest BCUT2D eigenvalue weighted by molar-refractivity contribution is -0.114. The summed E-state index contributed by atoms with van der Waals surface area (Å²) in [6.45, 7) is 0.879. The van der Waals surface area contributed by atoms with Crippen molar-refractivity contribution in [2.45, 2.75) is 26.2 Å². The minimum Gasteiger partial charge on any atom is -0.465 e. The predicted octanol–water partition coefficient (Wildman–Crippen LogP) is 2.63. The molecule has 1 N–H and O–H groups in total. The van der Waals surface area contributed by atoms with Crippen molar-refractivity contribution < 1.29 is 27.5 Å². The van der Waals surface area contributed by atoms with Crippen molar-refractivity contribution in [1.29, 1.82) is 0 Å². The second-order valence-electron chi connectivity index (χ2n) is 6.98. The third-order valence-corrected chi connectivity index (χ3v) is 7.14. The van der Waals surface area contributed by atoms with E-state index >= 15 is 0 Å². The fourth-order valence-electron chi connectivity index (χ4n) is 3.39. The van der Waals surface area contributed by atoms with Crippen LogP contribution >= 0.6 is 11.3 Å². The summed E-state index contributed by atoms with van der Waals surface area (Å²) in [6.07, 6.45) is 3.49. The molecule has 0 aliphatic heterocycles.